The number of hydrogen-bond donors (Lipinski definition) is 0. The standard InChI is InChI=1S/C21H26N4O2/c1-15-6-10-18(11-7-15)27-13-12-23(4)21(26)19-14-22-24(5)20(19)25-16(2)8-9-17(25)3/h6-11,14H,12-13H2,1-5H3. The lowest BCUT2D eigenvalue weighted by Crippen LogP contribution is -2.31. The van der Waals surface area contributed by atoms with E-state index in [1.54, 1.807) is 22.8 Å². The number of rotatable bonds is 6. The largest absolute Gasteiger partial charge is 0.492 e. The maximum atomic E-state index is 13.0. The molecule has 0 atom stereocenters. The van der Waals surface area contributed by atoms with Crippen LogP contribution in [-0.4, -0.2) is 45.4 Å². The van der Waals surface area contributed by atoms with Crippen LogP contribution in [0, 0.1) is 20.8 Å². The second-order valence-corrected chi connectivity index (χ2v) is 6.85. The van der Waals surface area contributed by atoms with Crippen LogP contribution in [0.25, 0.3) is 5.82 Å². The summed E-state index contributed by atoms with van der Waals surface area (Å²) in [4.78, 5) is 14.7. The Labute approximate surface area is 160 Å². The molecule has 0 aliphatic heterocycles. The van der Waals surface area contributed by atoms with Gasteiger partial charge in [-0.1, -0.05) is 17.7 Å². The van der Waals surface area contributed by atoms with Gasteiger partial charge in [-0.05, 0) is 45.0 Å². The van der Waals surface area contributed by atoms with Crippen LogP contribution < -0.4 is 4.74 Å². The van der Waals surface area contributed by atoms with Crippen LogP contribution in [0.2, 0.25) is 0 Å². The minimum Gasteiger partial charge on any atom is -0.492 e. The normalized spacial score (nSPS) is 10.9. The maximum Gasteiger partial charge on any atom is 0.259 e. The van der Waals surface area contributed by atoms with E-state index in [-0.39, 0.29) is 5.91 Å². The van der Waals surface area contributed by atoms with Crippen LogP contribution >= 0.6 is 0 Å². The van der Waals surface area contributed by atoms with E-state index in [1.807, 2.05) is 64.2 Å². The number of ether oxygens (including phenoxy) is 1. The zero-order chi connectivity index (χ0) is 19.6. The fourth-order valence-corrected chi connectivity index (χ4v) is 3.09. The summed E-state index contributed by atoms with van der Waals surface area (Å²) in [5, 5.41) is 4.31. The van der Waals surface area contributed by atoms with Crippen molar-refractivity contribution in [3.8, 4) is 11.6 Å². The first-order chi connectivity index (χ1) is 12.9. The van der Waals surface area contributed by atoms with Gasteiger partial charge in [0.25, 0.3) is 5.91 Å². The number of aryl methyl sites for hydroxylation is 4. The molecule has 27 heavy (non-hydrogen) atoms. The van der Waals surface area contributed by atoms with Crippen molar-refractivity contribution in [2.45, 2.75) is 20.8 Å². The molecule has 3 aromatic rings. The van der Waals surface area contributed by atoms with Gasteiger partial charge in [0.1, 0.15) is 23.7 Å². The number of nitrogens with zero attached hydrogens (tertiary/aromatic N) is 4. The molecule has 0 fully saturated rings. The molecular formula is C21H26N4O2. The van der Waals surface area contributed by atoms with Gasteiger partial charge >= 0.3 is 0 Å². The highest BCUT2D eigenvalue weighted by atomic mass is 16.5. The number of carbonyl (C=O) groups excluding carboxylic acids is 1. The van der Waals surface area contributed by atoms with Crippen LogP contribution in [0.15, 0.2) is 42.6 Å². The van der Waals surface area contributed by atoms with E-state index in [2.05, 4.69) is 9.67 Å². The van der Waals surface area contributed by atoms with E-state index < -0.39 is 0 Å². The molecule has 142 valence electrons. The molecule has 2 aromatic heterocycles. The van der Waals surface area contributed by atoms with Crippen LogP contribution in [0.3, 0.4) is 0 Å². The Morgan fingerprint density at radius 2 is 1.70 bits per heavy atom. The van der Waals surface area contributed by atoms with Crippen molar-refractivity contribution in [3.05, 3.63) is 65.1 Å². The first kappa shape index (κ1) is 18.8. The molecule has 0 spiro atoms. The fraction of sp³-hybridized carbons (Fsp3) is 0.333. The molecule has 0 saturated carbocycles. The SMILES string of the molecule is Cc1ccc(OCCN(C)C(=O)c2cnn(C)c2-n2c(C)ccc2C)cc1. The van der Waals surface area contributed by atoms with Gasteiger partial charge < -0.3 is 14.2 Å². The van der Waals surface area contributed by atoms with E-state index in [9.17, 15) is 4.79 Å². The van der Waals surface area contributed by atoms with Crippen molar-refractivity contribution >= 4 is 5.91 Å². The third-order valence-corrected chi connectivity index (χ3v) is 4.68. The zero-order valence-corrected chi connectivity index (χ0v) is 16.6. The minimum absolute atomic E-state index is 0.0712. The van der Waals surface area contributed by atoms with Gasteiger partial charge in [0.2, 0.25) is 0 Å². The van der Waals surface area contributed by atoms with Gasteiger partial charge in [-0.25, -0.2) is 0 Å². The molecule has 1 aromatic carbocycles. The molecule has 0 radical (unpaired) electrons. The minimum atomic E-state index is -0.0712. The van der Waals surface area contributed by atoms with Crippen molar-refractivity contribution in [1.82, 2.24) is 19.2 Å². The summed E-state index contributed by atoms with van der Waals surface area (Å²) in [6, 6.07) is 12.0. The number of benzene rings is 1. The van der Waals surface area contributed by atoms with E-state index in [4.69, 9.17) is 4.74 Å². The lowest BCUT2D eigenvalue weighted by Gasteiger charge is -2.19. The summed E-state index contributed by atoms with van der Waals surface area (Å²) in [5.41, 5.74) is 3.90. The van der Waals surface area contributed by atoms with Gasteiger partial charge in [-0.15, -0.1) is 0 Å². The van der Waals surface area contributed by atoms with Crippen LogP contribution in [-0.2, 0) is 7.05 Å². The van der Waals surface area contributed by atoms with Gasteiger partial charge in [0, 0.05) is 25.5 Å². The Kier molecular flexibility index (Phi) is 5.35. The molecule has 3 rings (SSSR count). The van der Waals surface area contributed by atoms with Crippen molar-refractivity contribution in [1.29, 1.82) is 0 Å². The number of likely N-dealkylation sites (N-methyl/N-ethyl adjacent to an activating group) is 1. The van der Waals surface area contributed by atoms with Crippen LogP contribution in [0.4, 0.5) is 0 Å². The number of carbonyl (C=O) groups is 1. The monoisotopic (exact) mass is 366 g/mol. The molecule has 0 aliphatic carbocycles. The highest BCUT2D eigenvalue weighted by molar-refractivity contribution is 5.97. The van der Waals surface area contributed by atoms with Gasteiger partial charge in [-0.3, -0.25) is 9.48 Å². The Morgan fingerprint density at radius 1 is 1.07 bits per heavy atom. The molecule has 2 heterocycles. The second kappa shape index (κ2) is 7.70. The summed E-state index contributed by atoms with van der Waals surface area (Å²) in [6.45, 7) is 7.00. The molecule has 0 unspecified atom stereocenters. The lowest BCUT2D eigenvalue weighted by atomic mass is 10.2. The average Bonchev–Trinajstić information content (AvgIpc) is 3.17. The molecule has 1 amide bonds. The number of aromatic nitrogens is 3. The molecule has 0 aliphatic rings. The third kappa shape index (κ3) is 3.89. The predicted octanol–water partition coefficient (Wildman–Crippen LogP) is 3.29. The van der Waals surface area contributed by atoms with Gasteiger partial charge in [0.15, 0.2) is 0 Å². The molecular weight excluding hydrogens is 340 g/mol. The van der Waals surface area contributed by atoms with Crippen LogP contribution in [0.5, 0.6) is 5.75 Å². The molecule has 6 nitrogen and oxygen atoms in total. The lowest BCUT2D eigenvalue weighted by molar-refractivity contribution is 0.0773. The summed E-state index contributed by atoms with van der Waals surface area (Å²) in [6.07, 6.45) is 1.63. The van der Waals surface area contributed by atoms with E-state index in [0.717, 1.165) is 23.0 Å². The first-order valence-electron chi connectivity index (χ1n) is 9.00. The second-order valence-electron chi connectivity index (χ2n) is 6.85. The third-order valence-electron chi connectivity index (χ3n) is 4.68. The van der Waals surface area contributed by atoms with Gasteiger partial charge in [-0.2, -0.15) is 5.10 Å². The number of amides is 1. The molecule has 0 N–H and O–H groups in total. The topological polar surface area (TPSA) is 52.3 Å². The smallest absolute Gasteiger partial charge is 0.259 e. The van der Waals surface area contributed by atoms with E-state index >= 15 is 0 Å². The quantitative estimate of drug-likeness (QED) is 0.673. The molecule has 6 heteroatoms. The number of hydrogen-bond acceptors (Lipinski definition) is 3. The summed E-state index contributed by atoms with van der Waals surface area (Å²) in [5.74, 6) is 1.52. The Morgan fingerprint density at radius 3 is 2.33 bits per heavy atom. The van der Waals surface area contributed by atoms with Crippen molar-refractivity contribution < 1.29 is 9.53 Å². The summed E-state index contributed by atoms with van der Waals surface area (Å²) >= 11 is 0. The Hall–Kier alpha value is -3.02. The maximum absolute atomic E-state index is 13.0. The van der Waals surface area contributed by atoms with Crippen molar-refractivity contribution in [2.24, 2.45) is 7.05 Å². The first-order valence-corrected chi connectivity index (χ1v) is 9.00. The van der Waals surface area contributed by atoms with Gasteiger partial charge in [0.05, 0.1) is 12.7 Å². The zero-order valence-electron chi connectivity index (χ0n) is 16.6. The molecule has 0 saturated heterocycles. The van der Waals surface area contributed by atoms with E-state index in [1.165, 1.54) is 5.56 Å². The summed E-state index contributed by atoms with van der Waals surface area (Å²) in [7, 11) is 3.64. The highest BCUT2D eigenvalue weighted by Crippen LogP contribution is 2.21. The average molecular weight is 366 g/mol. The van der Waals surface area contributed by atoms with E-state index in [0.29, 0.717) is 18.7 Å². The van der Waals surface area contributed by atoms with Crippen molar-refractivity contribution in [3.63, 3.8) is 0 Å². The van der Waals surface area contributed by atoms with Crippen LogP contribution in [0.1, 0.15) is 27.3 Å². The Balaban J connectivity index is 1.71. The summed E-state index contributed by atoms with van der Waals surface area (Å²) < 4.78 is 9.54. The van der Waals surface area contributed by atoms with Crippen molar-refractivity contribution in [2.75, 3.05) is 20.2 Å². The Bertz CT molecular complexity index is 918. The fourth-order valence-electron chi connectivity index (χ4n) is 3.09. The highest BCUT2D eigenvalue weighted by Gasteiger charge is 2.22. The molecule has 0 bridgehead atoms. The predicted molar refractivity (Wildman–Crippen MR) is 106 cm³/mol.